The molecule has 0 saturated heterocycles. The van der Waals surface area contributed by atoms with Gasteiger partial charge in [-0.2, -0.15) is 5.10 Å². The molecule has 10 heteroatoms. The van der Waals surface area contributed by atoms with Crippen LogP contribution in [0.3, 0.4) is 0 Å². The number of nitrogens with two attached hydrogens (primary N) is 1. The van der Waals surface area contributed by atoms with Crippen LogP contribution >= 0.6 is 0 Å². The summed E-state index contributed by atoms with van der Waals surface area (Å²) in [5.41, 5.74) is 10.0. The Bertz CT molecular complexity index is 1410. The quantitative estimate of drug-likeness (QED) is 0.206. The molecule has 7 nitrogen and oxygen atoms in total. The molecule has 4 rings (SSSR count). The molecule has 1 atom stereocenters. The fraction of sp³-hybridized carbons (Fsp3) is 0.296. The van der Waals surface area contributed by atoms with Crippen LogP contribution in [0.4, 0.5) is 8.78 Å². The zero-order valence-electron chi connectivity index (χ0n) is 21.0. The molecule has 0 radical (unpaired) electrons. The van der Waals surface area contributed by atoms with E-state index in [2.05, 4.69) is 24.7 Å². The Labute approximate surface area is 214 Å². The largest absolute Gasteiger partial charge is 0.478 e. The third-order valence-electron chi connectivity index (χ3n) is 6.02. The first-order chi connectivity index (χ1) is 17.5. The number of carbonyl (C=O) groups is 1. The molecule has 0 fully saturated rings. The predicted octanol–water partition coefficient (Wildman–Crippen LogP) is 5.63. The lowest BCUT2D eigenvalue weighted by Crippen LogP contribution is -2.22. The molecule has 0 aliphatic rings. The average Bonchev–Trinajstić information content (AvgIpc) is 3.21. The molecular weight excluding hydrogens is 494 g/mol. The second-order valence-corrected chi connectivity index (χ2v) is 15.9. The molecule has 4 aromatic rings. The van der Waals surface area contributed by atoms with Crippen LogP contribution in [0.2, 0.25) is 25.7 Å². The second kappa shape index (κ2) is 10.9. The third kappa shape index (κ3) is 6.65. The van der Waals surface area contributed by atoms with Gasteiger partial charge in [-0.1, -0.05) is 31.8 Å². The van der Waals surface area contributed by atoms with E-state index in [1.165, 1.54) is 18.2 Å². The van der Waals surface area contributed by atoms with Crippen LogP contribution in [-0.2, 0) is 17.9 Å². The van der Waals surface area contributed by atoms with E-state index in [9.17, 15) is 18.7 Å². The fourth-order valence-electron chi connectivity index (χ4n) is 4.07. The number of fused-ring (bicyclic) bond motifs is 1. The first-order valence-electron chi connectivity index (χ1n) is 12.0. The Morgan fingerprint density at radius 3 is 2.54 bits per heavy atom. The van der Waals surface area contributed by atoms with E-state index in [1.807, 2.05) is 6.07 Å². The Hall–Kier alpha value is -3.47. The molecule has 0 aliphatic carbocycles. The van der Waals surface area contributed by atoms with Gasteiger partial charge in [0.25, 0.3) is 0 Å². The highest BCUT2D eigenvalue weighted by Gasteiger charge is 2.20. The fourth-order valence-corrected chi connectivity index (χ4v) is 4.82. The number of hydrogen-bond acceptors (Lipinski definition) is 5. The number of rotatable bonds is 10. The zero-order chi connectivity index (χ0) is 26.7. The highest BCUT2D eigenvalue weighted by molar-refractivity contribution is 6.76. The van der Waals surface area contributed by atoms with Gasteiger partial charge in [-0.3, -0.25) is 0 Å². The Kier molecular flexibility index (Phi) is 7.81. The Morgan fingerprint density at radius 2 is 1.86 bits per heavy atom. The van der Waals surface area contributed by atoms with Crippen LogP contribution in [0.15, 0.2) is 54.7 Å². The molecule has 3 N–H and O–H groups in total. The summed E-state index contributed by atoms with van der Waals surface area (Å²) in [4.78, 5) is 16.4. The molecule has 0 unspecified atom stereocenters. The van der Waals surface area contributed by atoms with Gasteiger partial charge in [-0.25, -0.2) is 23.2 Å². The summed E-state index contributed by atoms with van der Waals surface area (Å²) >= 11 is 0. The lowest BCUT2D eigenvalue weighted by atomic mass is 9.94. The summed E-state index contributed by atoms with van der Waals surface area (Å²) in [5, 5.41) is 13.9. The molecule has 0 saturated carbocycles. The lowest BCUT2D eigenvalue weighted by molar-refractivity contribution is 0.0697. The first kappa shape index (κ1) is 26.6. The van der Waals surface area contributed by atoms with Crippen LogP contribution in [0.25, 0.3) is 22.2 Å². The van der Waals surface area contributed by atoms with Gasteiger partial charge in [0.05, 0.1) is 29.0 Å². The van der Waals surface area contributed by atoms with Crippen molar-refractivity contribution in [3.63, 3.8) is 0 Å². The lowest BCUT2D eigenvalue weighted by Gasteiger charge is -2.18. The number of nitrogens with zero attached hydrogens (tertiary/aromatic N) is 3. The number of carboxylic acid groups (broad SMARTS) is 1. The van der Waals surface area contributed by atoms with Gasteiger partial charge in [0.2, 0.25) is 0 Å². The molecule has 2 heterocycles. The van der Waals surface area contributed by atoms with E-state index < -0.39 is 31.7 Å². The van der Waals surface area contributed by atoms with Gasteiger partial charge in [0, 0.05) is 26.3 Å². The van der Waals surface area contributed by atoms with Crippen LogP contribution in [0.1, 0.15) is 27.7 Å². The van der Waals surface area contributed by atoms with Gasteiger partial charge < -0.3 is 15.6 Å². The molecule has 0 aliphatic heterocycles. The van der Waals surface area contributed by atoms with Gasteiger partial charge in [-0.15, -0.1) is 0 Å². The molecular formula is C27H30F2N4O3Si. The first-order valence-corrected chi connectivity index (χ1v) is 15.7. The van der Waals surface area contributed by atoms with Crippen LogP contribution in [0, 0.1) is 11.6 Å². The number of benzene rings is 2. The number of aromatic carboxylic acids is 1. The smallest absolute Gasteiger partial charge is 0.335 e. The van der Waals surface area contributed by atoms with E-state index in [0.29, 0.717) is 40.0 Å². The van der Waals surface area contributed by atoms with Crippen molar-refractivity contribution in [3.8, 4) is 11.1 Å². The molecule has 0 spiro atoms. The molecule has 37 heavy (non-hydrogen) atoms. The molecule has 0 amide bonds. The summed E-state index contributed by atoms with van der Waals surface area (Å²) < 4.78 is 35.1. The predicted molar refractivity (Wildman–Crippen MR) is 141 cm³/mol. The minimum atomic E-state index is -1.24. The van der Waals surface area contributed by atoms with Crippen molar-refractivity contribution in [1.82, 2.24) is 14.8 Å². The molecule has 0 bridgehead atoms. The van der Waals surface area contributed by atoms with Gasteiger partial charge >= 0.3 is 5.97 Å². The normalized spacial score (nSPS) is 12.7. The van der Waals surface area contributed by atoms with Crippen molar-refractivity contribution < 1.29 is 23.4 Å². The van der Waals surface area contributed by atoms with Crippen molar-refractivity contribution in [2.24, 2.45) is 5.73 Å². The summed E-state index contributed by atoms with van der Waals surface area (Å²) in [5.74, 6) is -2.43. The standard InChI is InChI=1S/C27H30F2N4O3Si/c1-37(2,3)8-7-36-16-33-25-14-22(18-5-4-6-19(12-18)27(34)35)26(32-24(25)15-31-33)23(30)11-17-9-20(28)13-21(29)10-17/h4-6,9-10,12-15,23H,7-8,11,16,30H2,1-3H3,(H,34,35)/t23-/m0/s1. The average molecular weight is 525 g/mol. The minimum absolute atomic E-state index is 0.118. The number of ether oxygens (including phenoxy) is 1. The van der Waals surface area contributed by atoms with E-state index >= 15 is 0 Å². The zero-order valence-corrected chi connectivity index (χ0v) is 22.0. The maximum Gasteiger partial charge on any atom is 0.335 e. The summed E-state index contributed by atoms with van der Waals surface area (Å²) in [6, 6.07) is 11.9. The summed E-state index contributed by atoms with van der Waals surface area (Å²) in [6.45, 7) is 7.72. The maximum absolute atomic E-state index is 13.8. The van der Waals surface area contributed by atoms with Crippen LogP contribution in [-0.4, -0.2) is 40.5 Å². The summed E-state index contributed by atoms with van der Waals surface area (Å²) in [7, 11) is -1.24. The number of carboxylic acids is 1. The number of halogens is 2. The monoisotopic (exact) mass is 524 g/mol. The van der Waals surface area contributed by atoms with Gasteiger partial charge in [-0.05, 0) is 53.9 Å². The van der Waals surface area contributed by atoms with E-state index in [-0.39, 0.29) is 18.7 Å². The van der Waals surface area contributed by atoms with E-state index in [0.717, 1.165) is 12.1 Å². The van der Waals surface area contributed by atoms with Crippen molar-refractivity contribution in [2.75, 3.05) is 6.61 Å². The van der Waals surface area contributed by atoms with Crippen molar-refractivity contribution in [1.29, 1.82) is 0 Å². The van der Waals surface area contributed by atoms with Crippen LogP contribution < -0.4 is 5.73 Å². The van der Waals surface area contributed by atoms with Gasteiger partial charge in [0.1, 0.15) is 23.9 Å². The molecule has 2 aromatic carbocycles. The van der Waals surface area contributed by atoms with Crippen LogP contribution in [0.5, 0.6) is 0 Å². The maximum atomic E-state index is 13.8. The Morgan fingerprint density at radius 1 is 1.14 bits per heavy atom. The number of aromatic nitrogens is 3. The molecule has 194 valence electrons. The van der Waals surface area contributed by atoms with Crippen molar-refractivity contribution in [3.05, 3.63) is 83.2 Å². The van der Waals surface area contributed by atoms with E-state index in [1.54, 1.807) is 29.1 Å². The SMILES string of the molecule is C[Si](C)(C)CCOCn1ncc2nc([C@@H](N)Cc3cc(F)cc(F)c3)c(-c3cccc(C(=O)O)c3)cc21. The highest BCUT2D eigenvalue weighted by atomic mass is 28.3. The number of hydrogen-bond donors (Lipinski definition) is 2. The van der Waals surface area contributed by atoms with Gasteiger partial charge in [0.15, 0.2) is 0 Å². The van der Waals surface area contributed by atoms with Crippen molar-refractivity contribution in [2.45, 2.75) is 44.9 Å². The van der Waals surface area contributed by atoms with Crippen molar-refractivity contribution >= 4 is 25.1 Å². The topological polar surface area (TPSA) is 103 Å². The summed E-state index contributed by atoms with van der Waals surface area (Å²) in [6.07, 6.45) is 1.75. The number of pyridine rings is 1. The minimum Gasteiger partial charge on any atom is -0.478 e. The second-order valence-electron chi connectivity index (χ2n) is 10.3. The Balaban J connectivity index is 1.73. The third-order valence-corrected chi connectivity index (χ3v) is 7.72. The highest BCUT2D eigenvalue weighted by Crippen LogP contribution is 2.32. The molecule has 2 aromatic heterocycles. The van der Waals surface area contributed by atoms with E-state index in [4.69, 9.17) is 15.5 Å².